The third kappa shape index (κ3) is 2.71. The number of rotatable bonds is 3. The number of benzene rings is 1. The first-order valence-electron chi connectivity index (χ1n) is 8.29. The Morgan fingerprint density at radius 3 is 2.76 bits per heavy atom. The van der Waals surface area contributed by atoms with E-state index in [1.165, 1.54) is 0 Å². The van der Waals surface area contributed by atoms with Gasteiger partial charge in [0.25, 0.3) is 5.91 Å². The number of hydrogen-bond donors (Lipinski definition) is 1. The van der Waals surface area contributed by atoms with Gasteiger partial charge in [-0.15, -0.1) is 0 Å². The monoisotopic (exact) mass is 287 g/mol. The standard InChI is InChI=1S/C18H25NO2/c1-2-13-7-3-4-8-14(13)18(21)19-12-6-10-16(19)15-9-5-11-17(15)20/h3-4,7-8,15-17,20H,2,5-6,9-12H2,1H3. The van der Waals surface area contributed by atoms with E-state index >= 15 is 0 Å². The van der Waals surface area contributed by atoms with Crippen molar-refractivity contribution in [3.05, 3.63) is 35.4 Å². The van der Waals surface area contributed by atoms with E-state index in [0.717, 1.165) is 56.2 Å². The molecule has 0 radical (unpaired) electrons. The molecule has 3 rings (SSSR count). The molecule has 1 aliphatic heterocycles. The third-order valence-electron chi connectivity index (χ3n) is 5.21. The van der Waals surface area contributed by atoms with Crippen molar-refractivity contribution in [1.82, 2.24) is 4.90 Å². The van der Waals surface area contributed by atoms with Gasteiger partial charge < -0.3 is 10.0 Å². The summed E-state index contributed by atoms with van der Waals surface area (Å²) >= 11 is 0. The summed E-state index contributed by atoms with van der Waals surface area (Å²) in [6.45, 7) is 2.93. The zero-order valence-electron chi connectivity index (χ0n) is 12.8. The van der Waals surface area contributed by atoms with E-state index in [4.69, 9.17) is 0 Å². The Labute approximate surface area is 127 Å². The fourth-order valence-corrected chi connectivity index (χ4v) is 4.10. The Balaban J connectivity index is 1.83. The van der Waals surface area contributed by atoms with Crippen LogP contribution in [0.5, 0.6) is 0 Å². The molecule has 2 fully saturated rings. The first-order chi connectivity index (χ1) is 10.2. The third-order valence-corrected chi connectivity index (χ3v) is 5.21. The summed E-state index contributed by atoms with van der Waals surface area (Å²) in [6, 6.07) is 8.17. The van der Waals surface area contributed by atoms with E-state index in [-0.39, 0.29) is 24.0 Å². The van der Waals surface area contributed by atoms with Gasteiger partial charge in [0, 0.05) is 24.1 Å². The Bertz CT molecular complexity index is 514. The quantitative estimate of drug-likeness (QED) is 0.928. The lowest BCUT2D eigenvalue weighted by Crippen LogP contribution is -2.42. The lowest BCUT2D eigenvalue weighted by atomic mass is 9.93. The summed E-state index contributed by atoms with van der Waals surface area (Å²) in [5.41, 5.74) is 1.97. The molecule has 1 saturated heterocycles. The van der Waals surface area contributed by atoms with E-state index < -0.39 is 0 Å². The first kappa shape index (κ1) is 14.6. The van der Waals surface area contributed by atoms with Crippen LogP contribution in [-0.2, 0) is 6.42 Å². The molecular weight excluding hydrogens is 262 g/mol. The minimum Gasteiger partial charge on any atom is -0.393 e. The molecule has 0 aromatic heterocycles. The van der Waals surface area contributed by atoms with E-state index in [1.54, 1.807) is 0 Å². The Morgan fingerprint density at radius 2 is 2.05 bits per heavy atom. The zero-order valence-corrected chi connectivity index (χ0v) is 12.8. The van der Waals surface area contributed by atoms with Crippen LogP contribution >= 0.6 is 0 Å². The summed E-state index contributed by atoms with van der Waals surface area (Å²) < 4.78 is 0. The predicted octanol–water partition coefficient (Wildman–Crippen LogP) is 3.01. The van der Waals surface area contributed by atoms with Crippen LogP contribution in [-0.4, -0.2) is 34.6 Å². The molecule has 3 atom stereocenters. The molecule has 2 aliphatic rings. The van der Waals surface area contributed by atoms with E-state index in [2.05, 4.69) is 6.92 Å². The lowest BCUT2D eigenvalue weighted by Gasteiger charge is -2.31. The smallest absolute Gasteiger partial charge is 0.254 e. The van der Waals surface area contributed by atoms with E-state index in [1.807, 2.05) is 29.2 Å². The van der Waals surface area contributed by atoms with Crippen LogP contribution in [0.2, 0.25) is 0 Å². The van der Waals surface area contributed by atoms with Gasteiger partial charge in [0.1, 0.15) is 0 Å². The molecule has 1 aromatic rings. The number of carbonyl (C=O) groups is 1. The van der Waals surface area contributed by atoms with Crippen molar-refractivity contribution in [2.75, 3.05) is 6.54 Å². The second kappa shape index (κ2) is 6.18. The molecule has 1 saturated carbocycles. The average Bonchev–Trinajstić information content (AvgIpc) is 3.14. The van der Waals surface area contributed by atoms with Crippen LogP contribution in [0.15, 0.2) is 24.3 Å². The number of nitrogens with zero attached hydrogens (tertiary/aromatic N) is 1. The molecular formula is C18H25NO2. The summed E-state index contributed by atoms with van der Waals surface area (Å²) in [7, 11) is 0. The van der Waals surface area contributed by atoms with Crippen LogP contribution < -0.4 is 0 Å². The summed E-state index contributed by atoms with van der Waals surface area (Å²) in [5.74, 6) is 0.444. The first-order valence-corrected chi connectivity index (χ1v) is 8.29. The molecule has 3 heteroatoms. The number of hydrogen-bond acceptors (Lipinski definition) is 2. The molecule has 1 N–H and O–H groups in total. The van der Waals surface area contributed by atoms with Crippen molar-refractivity contribution in [3.8, 4) is 0 Å². The summed E-state index contributed by atoms with van der Waals surface area (Å²) in [4.78, 5) is 15.0. The minimum atomic E-state index is -0.218. The molecule has 3 unspecified atom stereocenters. The maximum atomic E-state index is 12.9. The highest BCUT2D eigenvalue weighted by atomic mass is 16.3. The van der Waals surface area contributed by atoms with Gasteiger partial charge in [-0.1, -0.05) is 31.5 Å². The molecule has 114 valence electrons. The molecule has 1 aliphatic carbocycles. The van der Waals surface area contributed by atoms with E-state index in [0.29, 0.717) is 0 Å². The average molecular weight is 287 g/mol. The number of carbonyl (C=O) groups excluding carboxylic acids is 1. The molecule has 0 spiro atoms. The van der Waals surface area contributed by atoms with Crippen LogP contribution in [0.1, 0.15) is 54.9 Å². The van der Waals surface area contributed by atoms with Crippen molar-refractivity contribution in [1.29, 1.82) is 0 Å². The molecule has 1 aromatic carbocycles. The normalized spacial score (nSPS) is 29.0. The molecule has 21 heavy (non-hydrogen) atoms. The fourth-order valence-electron chi connectivity index (χ4n) is 4.10. The maximum absolute atomic E-state index is 12.9. The Kier molecular flexibility index (Phi) is 4.29. The van der Waals surface area contributed by atoms with Crippen LogP contribution in [0.3, 0.4) is 0 Å². The topological polar surface area (TPSA) is 40.5 Å². The van der Waals surface area contributed by atoms with Gasteiger partial charge in [-0.25, -0.2) is 0 Å². The fraction of sp³-hybridized carbons (Fsp3) is 0.611. The molecule has 0 bridgehead atoms. The van der Waals surface area contributed by atoms with Gasteiger partial charge >= 0.3 is 0 Å². The highest BCUT2D eigenvalue weighted by Crippen LogP contribution is 2.36. The largest absolute Gasteiger partial charge is 0.393 e. The van der Waals surface area contributed by atoms with Gasteiger partial charge in [0.05, 0.1) is 6.10 Å². The number of likely N-dealkylation sites (tertiary alicyclic amines) is 1. The van der Waals surface area contributed by atoms with Crippen molar-refractivity contribution >= 4 is 5.91 Å². The van der Waals surface area contributed by atoms with Crippen LogP contribution in [0.25, 0.3) is 0 Å². The van der Waals surface area contributed by atoms with E-state index in [9.17, 15) is 9.90 Å². The van der Waals surface area contributed by atoms with Gasteiger partial charge in [-0.3, -0.25) is 4.79 Å². The Hall–Kier alpha value is -1.35. The number of aryl methyl sites for hydroxylation is 1. The Morgan fingerprint density at radius 1 is 1.24 bits per heavy atom. The maximum Gasteiger partial charge on any atom is 0.254 e. The van der Waals surface area contributed by atoms with Crippen molar-refractivity contribution in [2.24, 2.45) is 5.92 Å². The summed E-state index contributed by atoms with van der Waals surface area (Å²) in [6.07, 6.45) is 5.82. The van der Waals surface area contributed by atoms with Crippen molar-refractivity contribution in [2.45, 2.75) is 57.6 Å². The highest BCUT2D eigenvalue weighted by molar-refractivity contribution is 5.96. The van der Waals surface area contributed by atoms with Gasteiger partial charge in [-0.05, 0) is 43.7 Å². The molecule has 1 amide bonds. The van der Waals surface area contributed by atoms with Crippen LogP contribution in [0.4, 0.5) is 0 Å². The second-order valence-electron chi connectivity index (χ2n) is 6.38. The second-order valence-corrected chi connectivity index (χ2v) is 6.38. The number of aliphatic hydroxyl groups is 1. The van der Waals surface area contributed by atoms with Crippen molar-refractivity contribution in [3.63, 3.8) is 0 Å². The van der Waals surface area contributed by atoms with Crippen molar-refractivity contribution < 1.29 is 9.90 Å². The highest BCUT2D eigenvalue weighted by Gasteiger charge is 2.40. The SMILES string of the molecule is CCc1ccccc1C(=O)N1CCCC1C1CCCC1O. The summed E-state index contributed by atoms with van der Waals surface area (Å²) in [5, 5.41) is 10.2. The minimum absolute atomic E-state index is 0.161. The predicted molar refractivity (Wildman–Crippen MR) is 83.2 cm³/mol. The number of amides is 1. The number of aliphatic hydroxyl groups excluding tert-OH is 1. The van der Waals surface area contributed by atoms with Gasteiger partial charge in [-0.2, -0.15) is 0 Å². The zero-order chi connectivity index (χ0) is 14.8. The van der Waals surface area contributed by atoms with Gasteiger partial charge in [0.2, 0.25) is 0 Å². The van der Waals surface area contributed by atoms with Gasteiger partial charge in [0.15, 0.2) is 0 Å². The molecule has 3 nitrogen and oxygen atoms in total. The van der Waals surface area contributed by atoms with Crippen LogP contribution in [0, 0.1) is 5.92 Å². The molecule has 1 heterocycles. The lowest BCUT2D eigenvalue weighted by molar-refractivity contribution is 0.0527.